The number of nitrogens with one attached hydrogen (secondary N) is 3. The number of carbonyl (C=O) groups is 2. The van der Waals surface area contributed by atoms with Crippen LogP contribution in [0.5, 0.6) is 5.75 Å². The number of benzene rings is 3. The van der Waals surface area contributed by atoms with Gasteiger partial charge in [0.25, 0.3) is 0 Å². The Morgan fingerprint density at radius 2 is 1.67 bits per heavy atom. The van der Waals surface area contributed by atoms with Crippen LogP contribution in [-0.4, -0.2) is 113 Å². The fourth-order valence-corrected chi connectivity index (χ4v) is 13.0. The summed E-state index contributed by atoms with van der Waals surface area (Å²) in [5, 5.41) is 11.0. The first-order valence-corrected chi connectivity index (χ1v) is 25.8. The number of aryl methyl sites for hydroxylation is 2. The summed E-state index contributed by atoms with van der Waals surface area (Å²) < 4.78 is 36.9. The maximum absolute atomic E-state index is 15.1. The van der Waals surface area contributed by atoms with Gasteiger partial charge in [-0.2, -0.15) is 4.98 Å². The standard InChI is InChI=1S/C49H56BrF2N9O4P/c1-4-32-27-41(56-49-53-29-36(50)47(58-49)55-40-11-10-39-34(8-7-30(2)54-39)46(40)66(64)23-5-6-24-66)43(65-3)28-42(32)61-17-14-33(15-18-61)60-21-19-59(20-22-60)16-13-31-25-37(51)45(38(52)26-31)35-9-12-44(62)57-48(35)63/h5-8,10-11,25-29,33,35,64H,4,9,12-24H2,1-3H3,(H,57,62,63)(H2,53,55,56,58). The van der Waals surface area contributed by atoms with Gasteiger partial charge in [0.15, 0.2) is 0 Å². The van der Waals surface area contributed by atoms with Crippen molar-refractivity contribution in [2.45, 2.75) is 64.3 Å². The molecule has 13 nitrogen and oxygen atoms in total. The number of carbonyl (C=O) groups excluding carboxylic acids is 2. The third kappa shape index (κ3) is 9.66. The van der Waals surface area contributed by atoms with Crippen LogP contribution in [0.2, 0.25) is 0 Å². The van der Waals surface area contributed by atoms with E-state index in [9.17, 15) is 14.5 Å². The summed E-state index contributed by atoms with van der Waals surface area (Å²) in [5.74, 6) is -1.86. The van der Waals surface area contributed by atoms with Gasteiger partial charge in [-0.15, -0.1) is 0 Å². The van der Waals surface area contributed by atoms with Crippen molar-refractivity contribution in [1.29, 1.82) is 0 Å². The minimum absolute atomic E-state index is 0.0656. The van der Waals surface area contributed by atoms with Crippen molar-refractivity contribution in [1.82, 2.24) is 30.1 Å². The number of piperidine rings is 2. The number of imide groups is 1. The Kier molecular flexibility index (Phi) is 13.7. The van der Waals surface area contributed by atoms with Crippen LogP contribution in [0.25, 0.3) is 10.9 Å². The molecule has 0 saturated carbocycles. The van der Waals surface area contributed by atoms with Crippen molar-refractivity contribution < 1.29 is 28.0 Å². The number of amides is 2. The van der Waals surface area contributed by atoms with Crippen LogP contribution in [0, 0.1) is 18.6 Å². The molecule has 3 fully saturated rings. The van der Waals surface area contributed by atoms with E-state index in [-0.39, 0.29) is 18.4 Å². The van der Waals surface area contributed by atoms with Crippen LogP contribution in [0.15, 0.2) is 71.4 Å². The van der Waals surface area contributed by atoms with E-state index in [0.717, 1.165) is 97.5 Å². The van der Waals surface area contributed by atoms with E-state index in [1.54, 1.807) is 13.3 Å². The minimum Gasteiger partial charge on any atom is -0.494 e. The summed E-state index contributed by atoms with van der Waals surface area (Å²) in [6, 6.07) is 15.4. The van der Waals surface area contributed by atoms with Crippen LogP contribution in [0.1, 0.15) is 60.9 Å². The van der Waals surface area contributed by atoms with Crippen molar-refractivity contribution in [3.05, 3.63) is 105 Å². The second-order valence-corrected chi connectivity index (χ2v) is 21.6. The molecule has 17 heteroatoms. The number of pyridine rings is 1. The highest BCUT2D eigenvalue weighted by molar-refractivity contribution is 9.10. The lowest BCUT2D eigenvalue weighted by molar-refractivity contribution is -0.134. The van der Waals surface area contributed by atoms with Gasteiger partial charge in [-0.05, 0) is 102 Å². The lowest BCUT2D eigenvalue weighted by atomic mass is 9.89. The number of anilines is 5. The molecule has 4 aliphatic heterocycles. The Bertz CT molecular complexity index is 2660. The number of piperazine rings is 1. The molecule has 3 aromatic carbocycles. The fraction of sp³-hybridized carbons (Fsp3) is 0.408. The van der Waals surface area contributed by atoms with Crippen LogP contribution in [0.3, 0.4) is 0 Å². The molecule has 4 aliphatic rings. The second kappa shape index (κ2) is 19.6. The quantitative estimate of drug-likeness (QED) is 0.0517. The second-order valence-electron chi connectivity index (χ2n) is 17.7. The van der Waals surface area contributed by atoms with Gasteiger partial charge < -0.3 is 30.1 Å². The van der Waals surface area contributed by atoms with Gasteiger partial charge in [-0.3, -0.25) is 24.8 Å². The number of fused-ring (bicyclic) bond motifs is 1. The first kappa shape index (κ1) is 46.0. The van der Waals surface area contributed by atoms with E-state index in [2.05, 4.69) is 88.8 Å². The molecule has 0 spiro atoms. The molecule has 5 aromatic rings. The van der Waals surface area contributed by atoms with Gasteiger partial charge in [0.05, 0.1) is 34.4 Å². The molecule has 2 aromatic heterocycles. The van der Waals surface area contributed by atoms with Gasteiger partial charge in [-0.25, -0.2) is 13.8 Å². The van der Waals surface area contributed by atoms with E-state index in [0.29, 0.717) is 58.9 Å². The highest BCUT2D eigenvalue weighted by Gasteiger charge is 2.35. The number of ether oxygens (including phenoxy) is 1. The zero-order chi connectivity index (χ0) is 46.1. The summed E-state index contributed by atoms with van der Waals surface area (Å²) in [6.07, 6.45) is 10.7. The molecule has 1 atom stereocenters. The normalized spacial score (nSPS) is 19.4. The molecule has 1 radical (unpaired) electrons. The monoisotopic (exact) mass is 982 g/mol. The minimum atomic E-state index is -2.50. The summed E-state index contributed by atoms with van der Waals surface area (Å²) in [6.45, 7) is 10.3. The molecule has 0 aliphatic carbocycles. The lowest BCUT2D eigenvalue weighted by Crippen LogP contribution is -2.53. The maximum Gasteiger partial charge on any atom is 0.234 e. The van der Waals surface area contributed by atoms with Crippen molar-refractivity contribution in [2.75, 3.05) is 80.8 Å². The summed E-state index contributed by atoms with van der Waals surface area (Å²) in [5.41, 5.74) is 6.00. The number of hydrogen-bond acceptors (Lipinski definition) is 12. The third-order valence-corrected chi connectivity index (χ3v) is 17.1. The van der Waals surface area contributed by atoms with Gasteiger partial charge in [-0.1, -0.05) is 25.1 Å². The number of methoxy groups -OCH3 is 1. The summed E-state index contributed by atoms with van der Waals surface area (Å²) in [7, 11) is -0.826. The summed E-state index contributed by atoms with van der Waals surface area (Å²) >= 11 is 3.66. The molecule has 66 heavy (non-hydrogen) atoms. The first-order valence-electron chi connectivity index (χ1n) is 22.9. The molecule has 347 valence electrons. The Hall–Kier alpha value is -5.12. The molecule has 2 amide bonds. The number of nitrogens with zero attached hydrogens (tertiary/aromatic N) is 6. The molecule has 1 unspecified atom stereocenters. The Balaban J connectivity index is 0.813. The number of allylic oxidation sites excluding steroid dienone is 2. The predicted octanol–water partition coefficient (Wildman–Crippen LogP) is 7.90. The first-order chi connectivity index (χ1) is 31.9. The average Bonchev–Trinajstić information content (AvgIpc) is 3.76. The number of hydrogen-bond donors (Lipinski definition) is 4. The largest absolute Gasteiger partial charge is 0.494 e. The van der Waals surface area contributed by atoms with Gasteiger partial charge in [0.2, 0.25) is 17.8 Å². The molecule has 6 heterocycles. The summed E-state index contributed by atoms with van der Waals surface area (Å²) in [4.78, 5) is 57.5. The smallest absolute Gasteiger partial charge is 0.234 e. The Morgan fingerprint density at radius 3 is 2.36 bits per heavy atom. The maximum atomic E-state index is 15.1. The topological polar surface area (TPSA) is 148 Å². The van der Waals surface area contributed by atoms with E-state index < -0.39 is 36.9 Å². The predicted molar refractivity (Wildman–Crippen MR) is 261 cm³/mol. The Morgan fingerprint density at radius 1 is 0.924 bits per heavy atom. The highest BCUT2D eigenvalue weighted by Crippen LogP contribution is 2.59. The SMILES string of the molecule is CCc1cc(Nc2ncc(Br)c(Nc3ccc4nc(C)ccc4c3[P]3(O)CC=CC3)n2)c(OC)cc1N1CCC(N2CCN(CCc3cc(F)c(C4CCC(=O)NC4=O)c(F)c3)CC2)CC1. The van der Waals surface area contributed by atoms with Crippen molar-refractivity contribution in [3.8, 4) is 5.75 Å². The van der Waals surface area contributed by atoms with Crippen LogP contribution in [-0.2, 0) is 22.4 Å². The fourth-order valence-electron chi connectivity index (χ4n) is 10.0. The zero-order valence-electron chi connectivity index (χ0n) is 37.5. The average molecular weight is 984 g/mol. The lowest BCUT2D eigenvalue weighted by Gasteiger charge is -2.43. The van der Waals surface area contributed by atoms with Gasteiger partial charge in [0.1, 0.15) is 23.2 Å². The number of halogens is 3. The van der Waals surface area contributed by atoms with Gasteiger partial charge in [0, 0.05) is 118 Å². The van der Waals surface area contributed by atoms with Crippen LogP contribution in [0.4, 0.5) is 37.6 Å². The molecular weight excluding hydrogens is 927 g/mol. The Labute approximate surface area is 393 Å². The van der Waals surface area contributed by atoms with Gasteiger partial charge >= 0.3 is 0 Å². The number of rotatable bonds is 13. The molecule has 4 N–H and O–H groups in total. The third-order valence-electron chi connectivity index (χ3n) is 13.6. The zero-order valence-corrected chi connectivity index (χ0v) is 40.0. The molecule has 9 rings (SSSR count). The molecular formula is C49H56BrF2N9O4P. The van der Waals surface area contributed by atoms with Crippen molar-refractivity contribution in [3.63, 3.8) is 0 Å². The van der Waals surface area contributed by atoms with E-state index in [1.165, 1.54) is 17.7 Å². The number of aromatic nitrogens is 3. The van der Waals surface area contributed by atoms with E-state index in [1.807, 2.05) is 25.1 Å². The molecule has 0 bridgehead atoms. The van der Waals surface area contributed by atoms with Crippen LogP contribution < -0.4 is 30.9 Å². The highest BCUT2D eigenvalue weighted by atomic mass is 79.9. The van der Waals surface area contributed by atoms with E-state index >= 15 is 8.78 Å². The van der Waals surface area contributed by atoms with Crippen molar-refractivity contribution in [2.24, 2.45) is 0 Å². The van der Waals surface area contributed by atoms with Crippen LogP contribution >= 0.6 is 23.4 Å². The van der Waals surface area contributed by atoms with E-state index in [4.69, 9.17) is 14.7 Å². The van der Waals surface area contributed by atoms with Crippen molar-refractivity contribution >= 4 is 80.3 Å². The molecule has 3 saturated heterocycles.